The van der Waals surface area contributed by atoms with Gasteiger partial charge in [0.25, 0.3) is 0 Å². The van der Waals surface area contributed by atoms with Crippen LogP contribution in [-0.2, 0) is 6.42 Å². The zero-order valence-corrected chi connectivity index (χ0v) is 13.7. The molecule has 20 heavy (non-hydrogen) atoms. The van der Waals surface area contributed by atoms with Gasteiger partial charge in [0.05, 0.1) is 0 Å². The molecule has 0 aromatic heterocycles. The zero-order valence-electron chi connectivity index (χ0n) is 13.7. The molecule has 0 aliphatic carbocycles. The second-order valence-corrected chi connectivity index (χ2v) is 6.20. The molecule has 0 amide bonds. The highest BCUT2D eigenvalue weighted by Crippen LogP contribution is 2.14. The molecule has 1 aromatic carbocycles. The lowest BCUT2D eigenvalue weighted by molar-refractivity contribution is 0.164. The van der Waals surface area contributed by atoms with Gasteiger partial charge in [0.2, 0.25) is 0 Å². The normalized spacial score (nSPS) is 11.8. The van der Waals surface area contributed by atoms with Gasteiger partial charge >= 0.3 is 0 Å². The number of aryl methyl sites for hydroxylation is 1. The SMILES string of the molecule is CCC(CC)N(CCCc1ccc(N)cc1)CC(C)C. The third-order valence-electron chi connectivity index (χ3n) is 3.95. The van der Waals surface area contributed by atoms with Crippen molar-refractivity contribution in [1.29, 1.82) is 0 Å². The summed E-state index contributed by atoms with van der Waals surface area (Å²) >= 11 is 0. The van der Waals surface area contributed by atoms with Gasteiger partial charge in [0, 0.05) is 18.3 Å². The fourth-order valence-corrected chi connectivity index (χ4v) is 2.87. The summed E-state index contributed by atoms with van der Waals surface area (Å²) in [5.41, 5.74) is 7.98. The standard InChI is InChI=1S/C18H32N2/c1-5-18(6-2)20(14-15(3)4)13-7-8-16-9-11-17(19)12-10-16/h9-12,15,18H,5-8,13-14,19H2,1-4H3. The number of nitrogens with two attached hydrogens (primary N) is 1. The Morgan fingerprint density at radius 2 is 1.65 bits per heavy atom. The van der Waals surface area contributed by atoms with Crippen molar-refractivity contribution in [2.75, 3.05) is 18.8 Å². The number of nitrogen functional groups attached to an aromatic ring is 1. The number of rotatable bonds is 9. The summed E-state index contributed by atoms with van der Waals surface area (Å²) in [4.78, 5) is 2.68. The quantitative estimate of drug-likeness (QED) is 0.679. The molecule has 0 unspecified atom stereocenters. The summed E-state index contributed by atoms with van der Waals surface area (Å²) in [7, 11) is 0. The van der Waals surface area contributed by atoms with Gasteiger partial charge in [0.1, 0.15) is 0 Å². The van der Waals surface area contributed by atoms with Crippen LogP contribution in [0.3, 0.4) is 0 Å². The van der Waals surface area contributed by atoms with Gasteiger partial charge in [-0.1, -0.05) is 39.8 Å². The van der Waals surface area contributed by atoms with Gasteiger partial charge in [-0.25, -0.2) is 0 Å². The Balaban J connectivity index is 2.46. The molecule has 1 rings (SSSR count). The second-order valence-electron chi connectivity index (χ2n) is 6.20. The molecule has 0 fully saturated rings. The lowest BCUT2D eigenvalue weighted by atomic mass is 10.1. The molecular formula is C18H32N2. The van der Waals surface area contributed by atoms with E-state index in [-0.39, 0.29) is 0 Å². The third kappa shape index (κ3) is 5.96. The summed E-state index contributed by atoms with van der Waals surface area (Å²) in [6.45, 7) is 11.7. The number of nitrogens with zero attached hydrogens (tertiary/aromatic N) is 1. The first kappa shape index (κ1) is 17.0. The molecule has 2 nitrogen and oxygen atoms in total. The fourth-order valence-electron chi connectivity index (χ4n) is 2.87. The van der Waals surface area contributed by atoms with Gasteiger partial charge in [-0.3, -0.25) is 0 Å². The topological polar surface area (TPSA) is 29.3 Å². The number of benzene rings is 1. The highest BCUT2D eigenvalue weighted by atomic mass is 15.1. The van der Waals surface area contributed by atoms with E-state index in [4.69, 9.17) is 5.73 Å². The third-order valence-corrected chi connectivity index (χ3v) is 3.95. The van der Waals surface area contributed by atoms with E-state index in [2.05, 4.69) is 44.7 Å². The minimum atomic E-state index is 0.740. The minimum Gasteiger partial charge on any atom is -0.399 e. The van der Waals surface area contributed by atoms with Crippen molar-refractivity contribution in [3.8, 4) is 0 Å². The molecule has 2 N–H and O–H groups in total. The Hall–Kier alpha value is -1.02. The van der Waals surface area contributed by atoms with Crippen molar-refractivity contribution >= 4 is 5.69 Å². The highest BCUT2D eigenvalue weighted by molar-refractivity contribution is 5.39. The Kier molecular flexibility index (Phi) is 7.68. The Bertz CT molecular complexity index is 352. The summed E-state index contributed by atoms with van der Waals surface area (Å²) in [6, 6.07) is 9.05. The van der Waals surface area contributed by atoms with Crippen LogP contribution in [0.2, 0.25) is 0 Å². The van der Waals surface area contributed by atoms with Crippen LogP contribution >= 0.6 is 0 Å². The van der Waals surface area contributed by atoms with Crippen molar-refractivity contribution in [2.24, 2.45) is 5.92 Å². The van der Waals surface area contributed by atoms with Crippen LogP contribution in [0.1, 0.15) is 52.5 Å². The molecule has 0 saturated heterocycles. The van der Waals surface area contributed by atoms with Crippen LogP contribution in [0.5, 0.6) is 0 Å². The Labute approximate surface area is 125 Å². The van der Waals surface area contributed by atoms with Crippen LogP contribution in [-0.4, -0.2) is 24.0 Å². The van der Waals surface area contributed by atoms with Gasteiger partial charge in [-0.05, 0) is 55.8 Å². The molecule has 1 aromatic rings. The van der Waals surface area contributed by atoms with E-state index in [1.165, 1.54) is 37.9 Å². The molecule has 0 spiro atoms. The lowest BCUT2D eigenvalue weighted by Gasteiger charge is -2.32. The van der Waals surface area contributed by atoms with Gasteiger partial charge in [-0.2, -0.15) is 0 Å². The Morgan fingerprint density at radius 1 is 1.05 bits per heavy atom. The van der Waals surface area contributed by atoms with E-state index < -0.39 is 0 Å². The van der Waals surface area contributed by atoms with Crippen molar-refractivity contribution < 1.29 is 0 Å². The average molecular weight is 276 g/mol. The van der Waals surface area contributed by atoms with E-state index in [0.717, 1.165) is 24.1 Å². The van der Waals surface area contributed by atoms with E-state index in [1.807, 2.05) is 12.1 Å². The molecule has 0 saturated carbocycles. The predicted octanol–water partition coefficient (Wildman–Crippen LogP) is 4.35. The van der Waals surface area contributed by atoms with Crippen LogP contribution in [0.4, 0.5) is 5.69 Å². The number of anilines is 1. The highest BCUT2D eigenvalue weighted by Gasteiger charge is 2.15. The molecule has 0 atom stereocenters. The van der Waals surface area contributed by atoms with E-state index in [9.17, 15) is 0 Å². The zero-order chi connectivity index (χ0) is 15.0. The largest absolute Gasteiger partial charge is 0.399 e. The molecule has 2 heteroatoms. The maximum atomic E-state index is 5.73. The molecular weight excluding hydrogens is 244 g/mol. The van der Waals surface area contributed by atoms with Crippen molar-refractivity contribution in [2.45, 2.75) is 59.4 Å². The maximum Gasteiger partial charge on any atom is 0.0314 e. The van der Waals surface area contributed by atoms with Gasteiger partial charge in [0.15, 0.2) is 0 Å². The van der Waals surface area contributed by atoms with Gasteiger partial charge < -0.3 is 10.6 Å². The smallest absolute Gasteiger partial charge is 0.0314 e. The molecule has 0 aliphatic heterocycles. The molecule has 0 radical (unpaired) electrons. The molecule has 0 bridgehead atoms. The fraction of sp³-hybridized carbons (Fsp3) is 0.667. The second kappa shape index (κ2) is 9.02. The molecule has 114 valence electrons. The van der Waals surface area contributed by atoms with Crippen molar-refractivity contribution in [1.82, 2.24) is 4.90 Å². The van der Waals surface area contributed by atoms with E-state index in [0.29, 0.717) is 0 Å². The van der Waals surface area contributed by atoms with Crippen molar-refractivity contribution in [3.05, 3.63) is 29.8 Å². The van der Waals surface area contributed by atoms with Crippen LogP contribution in [0.25, 0.3) is 0 Å². The minimum absolute atomic E-state index is 0.740. The molecule has 0 heterocycles. The maximum absolute atomic E-state index is 5.73. The summed E-state index contributed by atoms with van der Waals surface area (Å²) in [5.74, 6) is 0.743. The monoisotopic (exact) mass is 276 g/mol. The first-order valence-corrected chi connectivity index (χ1v) is 8.15. The Morgan fingerprint density at radius 3 is 2.15 bits per heavy atom. The van der Waals surface area contributed by atoms with E-state index >= 15 is 0 Å². The first-order valence-electron chi connectivity index (χ1n) is 8.15. The van der Waals surface area contributed by atoms with Crippen LogP contribution in [0.15, 0.2) is 24.3 Å². The number of hydrogen-bond donors (Lipinski definition) is 1. The molecule has 0 aliphatic rings. The van der Waals surface area contributed by atoms with Crippen LogP contribution < -0.4 is 5.73 Å². The predicted molar refractivity (Wildman–Crippen MR) is 90.0 cm³/mol. The van der Waals surface area contributed by atoms with Gasteiger partial charge in [-0.15, -0.1) is 0 Å². The summed E-state index contributed by atoms with van der Waals surface area (Å²) in [6.07, 6.45) is 4.89. The first-order chi connectivity index (χ1) is 9.56. The lowest BCUT2D eigenvalue weighted by Crippen LogP contribution is -2.38. The van der Waals surface area contributed by atoms with Crippen molar-refractivity contribution in [3.63, 3.8) is 0 Å². The number of hydrogen-bond acceptors (Lipinski definition) is 2. The van der Waals surface area contributed by atoms with E-state index in [1.54, 1.807) is 0 Å². The van der Waals surface area contributed by atoms with Crippen LogP contribution in [0, 0.1) is 5.92 Å². The average Bonchev–Trinajstić information content (AvgIpc) is 2.41. The summed E-state index contributed by atoms with van der Waals surface area (Å²) in [5, 5.41) is 0. The summed E-state index contributed by atoms with van der Waals surface area (Å²) < 4.78 is 0.